The minimum absolute atomic E-state index is 0.191. The molecule has 1 aliphatic rings. The molecular weight excluding hydrogens is 532 g/mol. The number of aliphatic hydroxyl groups is 1. The smallest absolute Gasteiger partial charge is 0.456 e. The van der Waals surface area contributed by atoms with Gasteiger partial charge in [-0.25, -0.2) is 4.79 Å². The van der Waals surface area contributed by atoms with Gasteiger partial charge in [0.05, 0.1) is 19.1 Å². The molecule has 10 nitrogen and oxygen atoms in total. The van der Waals surface area contributed by atoms with Gasteiger partial charge in [-0.15, -0.1) is 0 Å². The molecular formula is C31H50O10. The molecule has 0 amide bonds. The molecule has 0 aliphatic carbocycles. The van der Waals surface area contributed by atoms with Crippen LogP contribution in [0, 0.1) is 5.92 Å². The van der Waals surface area contributed by atoms with Crippen molar-refractivity contribution >= 4 is 12.1 Å². The number of esters is 1. The van der Waals surface area contributed by atoms with Crippen molar-refractivity contribution in [2.24, 2.45) is 5.92 Å². The number of unbranched alkanes of at least 4 members (excludes halogenated alkanes) is 5. The summed E-state index contributed by atoms with van der Waals surface area (Å²) in [7, 11) is 0. The molecule has 1 saturated heterocycles. The van der Waals surface area contributed by atoms with Gasteiger partial charge in [0.15, 0.2) is 18.5 Å². The lowest BCUT2D eigenvalue weighted by atomic mass is 9.98. The summed E-state index contributed by atoms with van der Waals surface area (Å²) in [5, 5.41) is 10.2. The van der Waals surface area contributed by atoms with Gasteiger partial charge in [-0.05, 0) is 32.8 Å². The molecule has 234 valence electrons. The zero-order valence-corrected chi connectivity index (χ0v) is 25.3. The van der Waals surface area contributed by atoms with Crippen LogP contribution in [0.15, 0.2) is 30.3 Å². The molecule has 0 saturated carbocycles. The van der Waals surface area contributed by atoms with E-state index in [2.05, 4.69) is 6.92 Å². The molecule has 1 heterocycles. The zero-order chi connectivity index (χ0) is 31.0. The maximum atomic E-state index is 12.8. The highest BCUT2D eigenvalue weighted by Gasteiger charge is 2.52. The maximum absolute atomic E-state index is 12.8. The molecule has 1 aliphatic heterocycles. The van der Waals surface area contributed by atoms with Crippen molar-refractivity contribution in [1.82, 2.24) is 0 Å². The van der Waals surface area contributed by atoms with Crippen molar-refractivity contribution in [2.45, 2.75) is 123 Å². The monoisotopic (exact) mass is 583 g/mol. The van der Waals surface area contributed by atoms with Crippen molar-refractivity contribution in [3.8, 4) is 0 Å². The highest BCUT2D eigenvalue weighted by Crippen LogP contribution is 2.30. The van der Waals surface area contributed by atoms with Crippen LogP contribution >= 0.6 is 0 Å². The third-order valence-electron chi connectivity index (χ3n) is 6.28. The van der Waals surface area contributed by atoms with Gasteiger partial charge in [0, 0.05) is 7.98 Å². The van der Waals surface area contributed by atoms with Crippen molar-refractivity contribution in [3.05, 3.63) is 35.9 Å². The van der Waals surface area contributed by atoms with Crippen LogP contribution in [0.3, 0.4) is 0 Å². The molecule has 0 bridgehead atoms. The van der Waals surface area contributed by atoms with Crippen molar-refractivity contribution < 1.29 is 49.2 Å². The molecule has 1 aromatic rings. The van der Waals surface area contributed by atoms with Gasteiger partial charge in [-0.3, -0.25) is 4.79 Å². The summed E-state index contributed by atoms with van der Waals surface area (Å²) in [6.45, 7) is 8.47. The molecule has 2 rings (SSSR count). The first-order valence-corrected chi connectivity index (χ1v) is 14.6. The van der Waals surface area contributed by atoms with Gasteiger partial charge >= 0.3 is 12.1 Å². The predicted molar refractivity (Wildman–Crippen MR) is 152 cm³/mol. The lowest BCUT2D eigenvalue weighted by molar-refractivity contribution is -0.319. The number of carbonyl (C=O) groups excluding carboxylic acids is 2. The van der Waals surface area contributed by atoms with Crippen LogP contribution in [0.5, 0.6) is 0 Å². The Hall–Kier alpha value is -2.24. The summed E-state index contributed by atoms with van der Waals surface area (Å²) in [4.78, 5) is 25.6. The van der Waals surface area contributed by atoms with E-state index in [9.17, 15) is 14.7 Å². The van der Waals surface area contributed by atoms with Gasteiger partial charge in [-0.1, -0.05) is 83.2 Å². The molecule has 0 aromatic heterocycles. The van der Waals surface area contributed by atoms with Gasteiger partial charge in [0.2, 0.25) is 0 Å². The van der Waals surface area contributed by atoms with Gasteiger partial charge in [0.1, 0.15) is 24.6 Å². The summed E-state index contributed by atoms with van der Waals surface area (Å²) in [5.74, 6) is -1.40. The summed E-state index contributed by atoms with van der Waals surface area (Å²) in [5.41, 5.74) is 0.0925. The second-order valence-electron chi connectivity index (χ2n) is 11.3. The average Bonchev–Trinajstić information content (AvgIpc) is 2.95. The molecule has 1 N–H and O–H groups in total. The molecule has 6 atom stereocenters. The minimum atomic E-state index is -1.22. The number of benzene rings is 1. The zero-order valence-electron chi connectivity index (χ0n) is 26.3. The van der Waals surface area contributed by atoms with Crippen LogP contribution in [-0.4, -0.2) is 73.5 Å². The van der Waals surface area contributed by atoms with Gasteiger partial charge in [-0.2, -0.15) is 0 Å². The van der Waals surface area contributed by atoms with E-state index in [4.69, 9.17) is 34.5 Å². The van der Waals surface area contributed by atoms with E-state index in [1.807, 2.05) is 30.3 Å². The molecule has 2 unspecified atom stereocenters. The Morgan fingerprint density at radius 3 is 2.37 bits per heavy atom. The van der Waals surface area contributed by atoms with E-state index in [0.29, 0.717) is 6.61 Å². The Morgan fingerprint density at radius 1 is 1.00 bits per heavy atom. The van der Waals surface area contributed by atoms with Crippen LogP contribution in [0.1, 0.15) is 87.0 Å². The minimum Gasteiger partial charge on any atom is -0.456 e. The molecule has 1 fully saturated rings. The number of rotatable bonds is 17. The number of carbonyl (C=O) groups is 2. The van der Waals surface area contributed by atoms with Crippen molar-refractivity contribution in [3.63, 3.8) is 0 Å². The van der Waals surface area contributed by atoms with E-state index >= 15 is 0 Å². The van der Waals surface area contributed by atoms with Gasteiger partial charge in [0.25, 0.3) is 0 Å². The van der Waals surface area contributed by atoms with Crippen LogP contribution in [0.4, 0.5) is 4.79 Å². The third-order valence-corrected chi connectivity index (χ3v) is 6.28. The summed E-state index contributed by atoms with van der Waals surface area (Å²) in [6, 6.07) is 9.50. The number of hydrogen-bond donors (Lipinski definition) is 1. The van der Waals surface area contributed by atoms with Crippen LogP contribution in [0.25, 0.3) is 0 Å². The molecule has 1 aromatic carbocycles. The van der Waals surface area contributed by atoms with E-state index in [0.717, 1.165) is 37.7 Å². The van der Waals surface area contributed by atoms with E-state index < -0.39 is 61.0 Å². The standard InChI is InChI=1S/C31H50O10/c1-7-8-9-10-11-15-18-36-29-27(40-30(34)41-31(4,5)6)26(37-21-35-20-23-16-13-12-14-17-23)25(24(19-32)38-29)39-28(33)22(2)3/h12-14,16-17,22,24-27,29,32H,7-11,15,18-21H2,1-6H3/t24-,25-,26+,27-,29?/m1/s1/i2D/t22?,24-,25-,26+,27-,29?. The Morgan fingerprint density at radius 2 is 1.71 bits per heavy atom. The van der Waals surface area contributed by atoms with E-state index in [1.54, 1.807) is 27.7 Å². The molecule has 0 spiro atoms. The van der Waals surface area contributed by atoms with Crippen LogP contribution < -0.4 is 0 Å². The second-order valence-corrected chi connectivity index (χ2v) is 11.3. The van der Waals surface area contributed by atoms with Crippen LogP contribution in [0.2, 0.25) is 0 Å². The molecule has 0 radical (unpaired) electrons. The fraction of sp³-hybridized carbons (Fsp3) is 0.742. The Labute approximate surface area is 246 Å². The highest BCUT2D eigenvalue weighted by atomic mass is 16.8. The summed E-state index contributed by atoms with van der Waals surface area (Å²) < 4.78 is 48.2. The van der Waals surface area contributed by atoms with E-state index in [-0.39, 0.29) is 20.3 Å². The number of ether oxygens (including phenoxy) is 7. The average molecular weight is 584 g/mol. The summed E-state index contributed by atoms with van der Waals surface area (Å²) >= 11 is 0. The topological polar surface area (TPSA) is 119 Å². The molecule has 41 heavy (non-hydrogen) atoms. The third kappa shape index (κ3) is 13.1. The lowest BCUT2D eigenvalue weighted by Gasteiger charge is -2.44. The number of hydrogen-bond acceptors (Lipinski definition) is 10. The van der Waals surface area contributed by atoms with E-state index in [1.165, 1.54) is 6.42 Å². The predicted octanol–water partition coefficient (Wildman–Crippen LogP) is 5.53. The normalized spacial score (nSPS) is 23.9. The SMILES string of the molecule is [2H]CC(C)C(=O)O[C@H]1[C@H](OCOCc2ccccc2)[C@@H](OC(=O)OC(C)(C)C)C(OCCCCCCCC)O[C@@H]1CO. The molecule has 10 heteroatoms. The Balaban J connectivity index is 2.26. The second kappa shape index (κ2) is 18.3. The van der Waals surface area contributed by atoms with Crippen LogP contribution in [-0.2, 0) is 44.6 Å². The lowest BCUT2D eigenvalue weighted by Crippen LogP contribution is -2.63. The quantitative estimate of drug-likeness (QED) is 0.142. The fourth-order valence-corrected chi connectivity index (χ4v) is 4.19. The van der Waals surface area contributed by atoms with Crippen molar-refractivity contribution in [2.75, 3.05) is 20.0 Å². The largest absolute Gasteiger partial charge is 0.509 e. The first kappa shape index (κ1) is 33.3. The first-order valence-electron chi connectivity index (χ1n) is 15.3. The first-order chi connectivity index (χ1) is 20.1. The summed E-state index contributed by atoms with van der Waals surface area (Å²) in [6.07, 6.45) is -0.387. The fourth-order valence-electron chi connectivity index (χ4n) is 4.19. The Bertz CT molecular complexity index is 893. The van der Waals surface area contributed by atoms with Crippen molar-refractivity contribution in [1.29, 1.82) is 0 Å². The number of aliphatic hydroxyl groups excluding tert-OH is 1. The maximum Gasteiger partial charge on any atom is 0.509 e. The van der Waals surface area contributed by atoms with Gasteiger partial charge < -0.3 is 38.3 Å². The highest BCUT2D eigenvalue weighted by molar-refractivity contribution is 5.71. The Kier molecular flexibility index (Phi) is 14.9.